The fourth-order valence-electron chi connectivity index (χ4n) is 2.90. The summed E-state index contributed by atoms with van der Waals surface area (Å²) in [6.07, 6.45) is 5.35. The summed E-state index contributed by atoms with van der Waals surface area (Å²) in [5.74, 6) is 1.71. The van der Waals surface area contributed by atoms with Crippen LogP contribution in [0.5, 0.6) is 0 Å². The van der Waals surface area contributed by atoms with Gasteiger partial charge in [-0.3, -0.25) is 0 Å². The third kappa shape index (κ3) is 2.75. The van der Waals surface area contributed by atoms with Crippen molar-refractivity contribution in [3.05, 3.63) is 0 Å². The third-order valence-electron chi connectivity index (χ3n) is 4.92. The fourth-order valence-corrected chi connectivity index (χ4v) is 2.90. The summed E-state index contributed by atoms with van der Waals surface area (Å²) in [7, 11) is 0. The summed E-state index contributed by atoms with van der Waals surface area (Å²) in [4.78, 5) is 0. The van der Waals surface area contributed by atoms with Gasteiger partial charge in [0.1, 0.15) is 0 Å². The molecule has 1 N–H and O–H groups in total. The lowest BCUT2D eigenvalue weighted by molar-refractivity contribution is 0.151. The minimum absolute atomic E-state index is 0.540. The van der Waals surface area contributed by atoms with E-state index in [1.54, 1.807) is 0 Å². The molecule has 1 nitrogen and oxygen atoms in total. The molecular weight excluding hydrogens is 182 g/mol. The lowest BCUT2D eigenvalue weighted by atomic mass is 9.69. The van der Waals surface area contributed by atoms with Crippen LogP contribution in [0.4, 0.5) is 0 Å². The van der Waals surface area contributed by atoms with Crippen molar-refractivity contribution in [2.75, 3.05) is 6.54 Å². The van der Waals surface area contributed by atoms with E-state index in [9.17, 15) is 0 Å². The van der Waals surface area contributed by atoms with Crippen LogP contribution in [0, 0.1) is 17.3 Å². The van der Waals surface area contributed by atoms with Gasteiger partial charge in [0.15, 0.2) is 0 Å². The first kappa shape index (κ1) is 13.0. The van der Waals surface area contributed by atoms with E-state index in [0.29, 0.717) is 5.41 Å². The lowest BCUT2D eigenvalue weighted by Crippen LogP contribution is -2.40. The molecule has 0 radical (unpaired) electrons. The maximum atomic E-state index is 3.73. The standard InChI is InChI=1S/C14H29N/c1-6-11(3)10-13-14(5,8-9-15-13)12(4)7-2/h11-13,15H,6-10H2,1-5H3. The number of rotatable bonds is 5. The van der Waals surface area contributed by atoms with E-state index in [2.05, 4.69) is 39.9 Å². The first-order valence-corrected chi connectivity index (χ1v) is 6.78. The summed E-state index contributed by atoms with van der Waals surface area (Å²) in [6.45, 7) is 13.2. The van der Waals surface area contributed by atoms with Crippen molar-refractivity contribution in [3.8, 4) is 0 Å². The highest BCUT2D eigenvalue weighted by molar-refractivity contribution is 4.97. The fraction of sp³-hybridized carbons (Fsp3) is 1.00. The Morgan fingerprint density at radius 3 is 2.47 bits per heavy atom. The summed E-state index contributed by atoms with van der Waals surface area (Å²) in [6, 6.07) is 0.752. The van der Waals surface area contributed by atoms with Crippen LogP contribution >= 0.6 is 0 Å². The van der Waals surface area contributed by atoms with Crippen LogP contribution in [0.3, 0.4) is 0 Å². The molecule has 1 aliphatic rings. The van der Waals surface area contributed by atoms with Crippen molar-refractivity contribution in [2.45, 2.75) is 66.3 Å². The highest BCUT2D eigenvalue weighted by atomic mass is 15.0. The second-order valence-corrected chi connectivity index (χ2v) is 5.82. The highest BCUT2D eigenvalue weighted by Crippen LogP contribution is 2.42. The van der Waals surface area contributed by atoms with Crippen molar-refractivity contribution in [1.82, 2.24) is 5.32 Å². The number of hydrogen-bond acceptors (Lipinski definition) is 1. The van der Waals surface area contributed by atoms with Gasteiger partial charge in [-0.05, 0) is 36.6 Å². The van der Waals surface area contributed by atoms with Crippen molar-refractivity contribution in [1.29, 1.82) is 0 Å². The molecule has 4 unspecified atom stereocenters. The molecule has 90 valence electrons. The molecule has 1 heteroatoms. The van der Waals surface area contributed by atoms with Crippen LogP contribution in [-0.2, 0) is 0 Å². The zero-order valence-electron chi connectivity index (χ0n) is 11.3. The van der Waals surface area contributed by atoms with Gasteiger partial charge < -0.3 is 5.32 Å². The summed E-state index contributed by atoms with van der Waals surface area (Å²) in [5.41, 5.74) is 0.540. The smallest absolute Gasteiger partial charge is 0.0126 e. The second kappa shape index (κ2) is 5.34. The van der Waals surface area contributed by atoms with E-state index in [4.69, 9.17) is 0 Å². The van der Waals surface area contributed by atoms with Crippen molar-refractivity contribution in [3.63, 3.8) is 0 Å². The Kier molecular flexibility index (Phi) is 4.64. The summed E-state index contributed by atoms with van der Waals surface area (Å²) >= 11 is 0. The Labute approximate surface area is 96.0 Å². The van der Waals surface area contributed by atoms with Crippen molar-refractivity contribution >= 4 is 0 Å². The van der Waals surface area contributed by atoms with Gasteiger partial charge in [-0.25, -0.2) is 0 Å². The lowest BCUT2D eigenvalue weighted by Gasteiger charge is -2.38. The van der Waals surface area contributed by atoms with Gasteiger partial charge in [-0.15, -0.1) is 0 Å². The van der Waals surface area contributed by atoms with E-state index in [1.165, 1.54) is 32.2 Å². The van der Waals surface area contributed by atoms with Crippen LogP contribution < -0.4 is 5.32 Å². The molecule has 0 bridgehead atoms. The van der Waals surface area contributed by atoms with E-state index >= 15 is 0 Å². The van der Waals surface area contributed by atoms with Gasteiger partial charge in [0.2, 0.25) is 0 Å². The van der Waals surface area contributed by atoms with Gasteiger partial charge in [0, 0.05) is 6.04 Å². The monoisotopic (exact) mass is 211 g/mol. The first-order valence-electron chi connectivity index (χ1n) is 6.78. The molecule has 0 spiro atoms. The van der Waals surface area contributed by atoms with E-state index in [1.807, 2.05) is 0 Å². The largest absolute Gasteiger partial charge is 0.313 e. The number of nitrogens with one attached hydrogen (secondary N) is 1. The van der Waals surface area contributed by atoms with Crippen molar-refractivity contribution in [2.24, 2.45) is 17.3 Å². The normalized spacial score (nSPS) is 35.4. The van der Waals surface area contributed by atoms with Gasteiger partial charge in [-0.1, -0.05) is 47.5 Å². The Morgan fingerprint density at radius 1 is 1.27 bits per heavy atom. The average Bonchev–Trinajstić information content (AvgIpc) is 2.60. The maximum absolute atomic E-state index is 3.73. The van der Waals surface area contributed by atoms with E-state index in [-0.39, 0.29) is 0 Å². The zero-order chi connectivity index (χ0) is 11.5. The molecule has 1 rings (SSSR count). The second-order valence-electron chi connectivity index (χ2n) is 5.82. The minimum Gasteiger partial charge on any atom is -0.313 e. The van der Waals surface area contributed by atoms with Crippen molar-refractivity contribution < 1.29 is 0 Å². The van der Waals surface area contributed by atoms with E-state index in [0.717, 1.165) is 17.9 Å². The molecule has 0 saturated carbocycles. The van der Waals surface area contributed by atoms with Gasteiger partial charge in [0.05, 0.1) is 0 Å². The Bertz CT molecular complexity index is 190. The Balaban J connectivity index is 2.62. The quantitative estimate of drug-likeness (QED) is 0.728. The molecule has 0 aromatic carbocycles. The molecule has 1 aliphatic heterocycles. The Hall–Kier alpha value is -0.0400. The minimum atomic E-state index is 0.540. The Morgan fingerprint density at radius 2 is 1.93 bits per heavy atom. The first-order chi connectivity index (χ1) is 7.04. The van der Waals surface area contributed by atoms with Crippen LogP contribution in [0.1, 0.15) is 60.3 Å². The molecule has 1 heterocycles. The molecule has 0 aromatic heterocycles. The molecule has 1 fully saturated rings. The predicted octanol–water partition coefficient (Wildman–Crippen LogP) is 3.84. The van der Waals surface area contributed by atoms with E-state index < -0.39 is 0 Å². The van der Waals surface area contributed by atoms with Gasteiger partial charge >= 0.3 is 0 Å². The molecule has 1 saturated heterocycles. The third-order valence-corrected chi connectivity index (χ3v) is 4.92. The summed E-state index contributed by atoms with van der Waals surface area (Å²) in [5, 5.41) is 3.73. The molecule has 0 amide bonds. The maximum Gasteiger partial charge on any atom is 0.0126 e. The van der Waals surface area contributed by atoms with Crippen LogP contribution in [0.25, 0.3) is 0 Å². The zero-order valence-corrected chi connectivity index (χ0v) is 11.3. The van der Waals surface area contributed by atoms with Crippen LogP contribution in [0.2, 0.25) is 0 Å². The highest BCUT2D eigenvalue weighted by Gasteiger charge is 2.41. The number of hydrogen-bond donors (Lipinski definition) is 1. The molecular formula is C14H29N. The van der Waals surface area contributed by atoms with Crippen LogP contribution in [-0.4, -0.2) is 12.6 Å². The topological polar surface area (TPSA) is 12.0 Å². The molecule has 0 aliphatic carbocycles. The summed E-state index contributed by atoms with van der Waals surface area (Å²) < 4.78 is 0. The molecule has 4 atom stereocenters. The van der Waals surface area contributed by atoms with Gasteiger partial charge in [-0.2, -0.15) is 0 Å². The molecule has 0 aromatic rings. The predicted molar refractivity (Wildman–Crippen MR) is 68.0 cm³/mol. The average molecular weight is 211 g/mol. The molecule has 15 heavy (non-hydrogen) atoms. The SMILES string of the molecule is CCC(C)CC1NCCC1(C)C(C)CC. The van der Waals surface area contributed by atoms with Crippen LogP contribution in [0.15, 0.2) is 0 Å². The van der Waals surface area contributed by atoms with Gasteiger partial charge in [0.25, 0.3) is 0 Å².